The predicted molar refractivity (Wildman–Crippen MR) is 82.3 cm³/mol. The zero-order chi connectivity index (χ0) is 14.8. The molecule has 3 N–H and O–H groups in total. The minimum Gasteiger partial charge on any atom is -0.271 e. The molecular weight excluding hydrogens is 289 g/mol. The normalized spacial score (nSPS) is 12.5. The highest BCUT2D eigenvalue weighted by Crippen LogP contribution is 2.28. The first-order chi connectivity index (χ1) is 10.2. The lowest BCUT2D eigenvalue weighted by Gasteiger charge is -2.18. The van der Waals surface area contributed by atoms with Crippen molar-refractivity contribution in [2.45, 2.75) is 6.04 Å². The molecule has 21 heavy (non-hydrogen) atoms. The van der Waals surface area contributed by atoms with Gasteiger partial charge in [0.2, 0.25) is 0 Å². The number of nitrogens with one attached hydrogen (secondary N) is 1. The van der Waals surface area contributed by atoms with Crippen LogP contribution in [0.2, 0.25) is 5.02 Å². The molecule has 0 radical (unpaired) electrons. The van der Waals surface area contributed by atoms with Gasteiger partial charge in [-0.3, -0.25) is 10.8 Å². The molecule has 0 aliphatic carbocycles. The second kappa shape index (κ2) is 5.77. The van der Waals surface area contributed by atoms with Gasteiger partial charge in [0.15, 0.2) is 0 Å². The van der Waals surface area contributed by atoms with Crippen LogP contribution in [0.1, 0.15) is 17.2 Å². The van der Waals surface area contributed by atoms with E-state index in [2.05, 4.69) is 10.4 Å². The Kier molecular flexibility index (Phi) is 3.84. The smallest absolute Gasteiger partial charge is 0.128 e. The van der Waals surface area contributed by atoms with Crippen LogP contribution in [0.4, 0.5) is 4.39 Å². The van der Waals surface area contributed by atoms with Crippen molar-refractivity contribution in [3.63, 3.8) is 0 Å². The van der Waals surface area contributed by atoms with Crippen molar-refractivity contribution in [1.29, 1.82) is 0 Å². The molecule has 0 aliphatic heterocycles. The maximum atomic E-state index is 14.0. The second-order valence-electron chi connectivity index (χ2n) is 4.72. The monoisotopic (exact) mass is 301 g/mol. The van der Waals surface area contributed by atoms with Gasteiger partial charge in [0.25, 0.3) is 0 Å². The fourth-order valence-electron chi connectivity index (χ4n) is 2.38. The molecule has 1 unspecified atom stereocenters. The van der Waals surface area contributed by atoms with Crippen LogP contribution in [-0.2, 0) is 0 Å². The number of fused-ring (bicyclic) bond motifs is 1. The van der Waals surface area contributed by atoms with Crippen LogP contribution in [0.5, 0.6) is 0 Å². The fourth-order valence-corrected chi connectivity index (χ4v) is 2.56. The van der Waals surface area contributed by atoms with Gasteiger partial charge < -0.3 is 0 Å². The Bertz CT molecular complexity index is 791. The van der Waals surface area contributed by atoms with Crippen LogP contribution >= 0.6 is 11.6 Å². The van der Waals surface area contributed by atoms with Crippen LogP contribution in [0.15, 0.2) is 54.7 Å². The van der Waals surface area contributed by atoms with Gasteiger partial charge in [-0.2, -0.15) is 0 Å². The van der Waals surface area contributed by atoms with Crippen molar-refractivity contribution in [2.24, 2.45) is 5.84 Å². The Labute approximate surface area is 126 Å². The first-order valence-electron chi connectivity index (χ1n) is 6.45. The van der Waals surface area contributed by atoms with E-state index in [9.17, 15) is 4.39 Å². The summed E-state index contributed by atoms with van der Waals surface area (Å²) in [5, 5.41) is 1.44. The standard InChI is InChI=1S/C16H13ClFN3/c17-12-4-5-14(18)13(9-12)16(21-19)11-3-6-15-10(8-11)2-1-7-20-15/h1-9,16,21H,19H2. The van der Waals surface area contributed by atoms with E-state index in [4.69, 9.17) is 17.4 Å². The second-order valence-corrected chi connectivity index (χ2v) is 5.16. The zero-order valence-electron chi connectivity index (χ0n) is 11.1. The average Bonchev–Trinajstić information content (AvgIpc) is 2.51. The molecule has 3 aromatic rings. The summed E-state index contributed by atoms with van der Waals surface area (Å²) >= 11 is 5.96. The van der Waals surface area contributed by atoms with Crippen LogP contribution in [-0.4, -0.2) is 4.98 Å². The minimum atomic E-state index is -0.478. The third-order valence-corrected chi connectivity index (χ3v) is 3.63. The molecule has 0 amide bonds. The van der Waals surface area contributed by atoms with E-state index >= 15 is 0 Å². The molecule has 1 heterocycles. The molecule has 0 saturated carbocycles. The van der Waals surface area contributed by atoms with E-state index in [-0.39, 0.29) is 5.82 Å². The van der Waals surface area contributed by atoms with E-state index in [0.29, 0.717) is 10.6 Å². The highest BCUT2D eigenvalue weighted by Gasteiger charge is 2.17. The first-order valence-corrected chi connectivity index (χ1v) is 6.82. The summed E-state index contributed by atoms with van der Waals surface area (Å²) in [4.78, 5) is 4.27. The molecule has 1 aromatic heterocycles. The lowest BCUT2D eigenvalue weighted by Crippen LogP contribution is -2.29. The summed E-state index contributed by atoms with van der Waals surface area (Å²) in [6.07, 6.45) is 1.73. The SMILES string of the molecule is NNC(c1ccc2ncccc2c1)c1cc(Cl)ccc1F. The Morgan fingerprint density at radius 3 is 2.81 bits per heavy atom. The van der Waals surface area contributed by atoms with Crippen LogP contribution < -0.4 is 11.3 Å². The quantitative estimate of drug-likeness (QED) is 0.574. The number of halogens is 2. The molecular formula is C16H13ClFN3. The van der Waals surface area contributed by atoms with Crippen molar-refractivity contribution < 1.29 is 4.39 Å². The third kappa shape index (κ3) is 2.74. The molecule has 3 rings (SSSR count). The van der Waals surface area contributed by atoms with Gasteiger partial charge in [-0.1, -0.05) is 23.7 Å². The predicted octanol–water partition coefficient (Wildman–Crippen LogP) is 3.58. The molecule has 0 saturated heterocycles. The number of hydrogen-bond donors (Lipinski definition) is 2. The number of pyridine rings is 1. The molecule has 5 heteroatoms. The number of nitrogens with two attached hydrogens (primary N) is 1. The van der Waals surface area contributed by atoms with Gasteiger partial charge in [-0.05, 0) is 42.0 Å². The highest BCUT2D eigenvalue weighted by atomic mass is 35.5. The Balaban J connectivity index is 2.11. The third-order valence-electron chi connectivity index (χ3n) is 3.40. The van der Waals surface area contributed by atoms with Crippen molar-refractivity contribution in [3.8, 4) is 0 Å². The van der Waals surface area contributed by atoms with Crippen molar-refractivity contribution in [1.82, 2.24) is 10.4 Å². The van der Waals surface area contributed by atoms with E-state index < -0.39 is 6.04 Å². The van der Waals surface area contributed by atoms with Crippen LogP contribution in [0, 0.1) is 5.82 Å². The summed E-state index contributed by atoms with van der Waals surface area (Å²) in [6, 6.07) is 13.5. The van der Waals surface area contributed by atoms with Gasteiger partial charge in [0, 0.05) is 22.2 Å². The van der Waals surface area contributed by atoms with Crippen molar-refractivity contribution in [3.05, 3.63) is 76.7 Å². The topological polar surface area (TPSA) is 50.9 Å². The van der Waals surface area contributed by atoms with Crippen LogP contribution in [0.3, 0.4) is 0 Å². The fraction of sp³-hybridized carbons (Fsp3) is 0.0625. The van der Waals surface area contributed by atoms with Gasteiger partial charge in [-0.25, -0.2) is 9.82 Å². The molecule has 0 aliphatic rings. The highest BCUT2D eigenvalue weighted by molar-refractivity contribution is 6.30. The van der Waals surface area contributed by atoms with Crippen molar-refractivity contribution in [2.75, 3.05) is 0 Å². The molecule has 106 valence electrons. The Morgan fingerprint density at radius 1 is 1.14 bits per heavy atom. The number of nitrogens with zero attached hydrogens (tertiary/aromatic N) is 1. The minimum absolute atomic E-state index is 0.353. The average molecular weight is 302 g/mol. The Hall–Kier alpha value is -2.01. The number of hydrazine groups is 1. The molecule has 0 fully saturated rings. The number of rotatable bonds is 3. The summed E-state index contributed by atoms with van der Waals surface area (Å²) < 4.78 is 14.0. The van der Waals surface area contributed by atoms with Gasteiger partial charge in [0.1, 0.15) is 5.82 Å². The maximum absolute atomic E-state index is 14.0. The van der Waals surface area contributed by atoms with Crippen LogP contribution in [0.25, 0.3) is 10.9 Å². The summed E-state index contributed by atoms with van der Waals surface area (Å²) in [6.45, 7) is 0. The molecule has 3 nitrogen and oxygen atoms in total. The lowest BCUT2D eigenvalue weighted by atomic mass is 9.97. The van der Waals surface area contributed by atoms with E-state index in [1.54, 1.807) is 12.3 Å². The lowest BCUT2D eigenvalue weighted by molar-refractivity contribution is 0.560. The molecule has 0 bridgehead atoms. The maximum Gasteiger partial charge on any atom is 0.128 e. The zero-order valence-corrected chi connectivity index (χ0v) is 11.8. The number of benzene rings is 2. The van der Waals surface area contributed by atoms with Gasteiger partial charge in [0.05, 0.1) is 11.6 Å². The van der Waals surface area contributed by atoms with Crippen molar-refractivity contribution >= 4 is 22.5 Å². The Morgan fingerprint density at radius 2 is 2.00 bits per heavy atom. The van der Waals surface area contributed by atoms with E-state index in [1.165, 1.54) is 12.1 Å². The molecule has 0 spiro atoms. The van der Waals surface area contributed by atoms with E-state index in [1.807, 2.05) is 30.3 Å². The van der Waals surface area contributed by atoms with Gasteiger partial charge in [-0.15, -0.1) is 0 Å². The summed E-state index contributed by atoms with van der Waals surface area (Å²) in [5.74, 6) is 5.27. The first kappa shape index (κ1) is 13.9. The largest absolute Gasteiger partial charge is 0.271 e. The number of hydrogen-bond acceptors (Lipinski definition) is 3. The van der Waals surface area contributed by atoms with E-state index in [0.717, 1.165) is 16.5 Å². The molecule has 1 atom stereocenters. The summed E-state index contributed by atoms with van der Waals surface area (Å²) in [7, 11) is 0. The molecule has 2 aromatic carbocycles. The number of aromatic nitrogens is 1. The van der Waals surface area contributed by atoms with Gasteiger partial charge >= 0.3 is 0 Å². The summed E-state index contributed by atoms with van der Waals surface area (Å²) in [5.41, 5.74) is 4.78.